The van der Waals surface area contributed by atoms with E-state index in [2.05, 4.69) is 31.2 Å². The van der Waals surface area contributed by atoms with Gasteiger partial charge < -0.3 is 30.3 Å². The van der Waals surface area contributed by atoms with Crippen LogP contribution in [0.2, 0.25) is 0 Å². The van der Waals surface area contributed by atoms with E-state index in [1.165, 1.54) is 6.07 Å². The molecular weight excluding hydrogens is 755 g/mol. The summed E-state index contributed by atoms with van der Waals surface area (Å²) in [5, 5.41) is 12.1. The van der Waals surface area contributed by atoms with Crippen molar-refractivity contribution < 1.29 is 38.2 Å². The summed E-state index contributed by atoms with van der Waals surface area (Å²) >= 11 is 0. The third kappa shape index (κ3) is 9.20. The summed E-state index contributed by atoms with van der Waals surface area (Å²) in [7, 11) is 3.19. The molecule has 15 nitrogen and oxygen atoms in total. The zero-order valence-electron chi connectivity index (χ0n) is 33.3. The minimum atomic E-state index is -1.05. The number of nitrogens with one attached hydrogen (secondary N) is 4. The average molecular weight is 804 g/mol. The van der Waals surface area contributed by atoms with Crippen molar-refractivity contribution in [1.82, 2.24) is 25.4 Å². The van der Waals surface area contributed by atoms with Crippen molar-refractivity contribution in [3.63, 3.8) is 0 Å². The Balaban J connectivity index is 0.845. The van der Waals surface area contributed by atoms with Crippen molar-refractivity contribution in [3.05, 3.63) is 83.6 Å². The minimum Gasteiger partial charge on any atom is -0.493 e. The Morgan fingerprint density at radius 1 is 0.915 bits per heavy atom. The molecule has 0 aliphatic carbocycles. The number of likely N-dealkylation sites (tertiary alicyclic amines) is 1. The smallest absolute Gasteiger partial charge is 0.264 e. The van der Waals surface area contributed by atoms with Crippen LogP contribution >= 0.6 is 0 Å². The molecule has 0 bridgehead atoms. The topological polar surface area (TPSA) is 188 Å². The van der Waals surface area contributed by atoms with Crippen LogP contribution in [0.25, 0.3) is 10.9 Å². The number of rotatable bonds is 17. The number of imide groups is 2. The molecule has 3 aliphatic rings. The number of Topliss-reactive ketones (excluding diaryl/α,β-unsaturated/α-hetero) is 1. The zero-order chi connectivity index (χ0) is 41.5. The Bertz CT molecular complexity index is 2260. The van der Waals surface area contributed by atoms with Gasteiger partial charge in [0.1, 0.15) is 6.04 Å². The van der Waals surface area contributed by atoms with Crippen LogP contribution in [-0.2, 0) is 14.4 Å². The van der Waals surface area contributed by atoms with Gasteiger partial charge in [0.15, 0.2) is 17.3 Å². The number of ketones is 1. The van der Waals surface area contributed by atoms with Crippen molar-refractivity contribution in [2.24, 2.45) is 5.92 Å². The summed E-state index contributed by atoms with van der Waals surface area (Å²) < 4.78 is 12.1. The quantitative estimate of drug-likeness (QED) is 0.0820. The summed E-state index contributed by atoms with van der Waals surface area (Å²) in [5.41, 5.74) is 3.24. The van der Waals surface area contributed by atoms with E-state index in [0.717, 1.165) is 67.7 Å². The van der Waals surface area contributed by atoms with Crippen LogP contribution in [0.5, 0.6) is 11.5 Å². The van der Waals surface area contributed by atoms with E-state index >= 15 is 0 Å². The van der Waals surface area contributed by atoms with Gasteiger partial charge in [-0.3, -0.25) is 44.0 Å². The number of carbonyl (C=O) groups excluding carboxylic acids is 6. The van der Waals surface area contributed by atoms with E-state index in [-0.39, 0.29) is 42.2 Å². The number of nitrogens with zero attached hydrogens (tertiary/aromatic N) is 3. The highest BCUT2D eigenvalue weighted by molar-refractivity contribution is 6.25. The fourth-order valence-corrected chi connectivity index (χ4v) is 7.94. The largest absolute Gasteiger partial charge is 0.493 e. The van der Waals surface area contributed by atoms with Crippen molar-refractivity contribution in [1.29, 1.82) is 0 Å². The molecule has 1 atom stereocenters. The van der Waals surface area contributed by atoms with Gasteiger partial charge in [0.2, 0.25) is 11.8 Å². The normalized spacial score (nSPS) is 17.1. The predicted octanol–water partition coefficient (Wildman–Crippen LogP) is 5.08. The molecule has 7 rings (SSSR count). The number of hydrogen-bond donors (Lipinski definition) is 4. The van der Waals surface area contributed by atoms with E-state index < -0.39 is 29.7 Å². The number of pyridine rings is 1. The maximum absolute atomic E-state index is 13.3. The van der Waals surface area contributed by atoms with Crippen LogP contribution in [-0.4, -0.2) is 103 Å². The molecule has 308 valence electrons. The number of hydrogen-bond acceptors (Lipinski definition) is 12. The molecule has 0 radical (unpaired) electrons. The summed E-state index contributed by atoms with van der Waals surface area (Å²) in [6.07, 6.45) is 6.68. The van der Waals surface area contributed by atoms with Gasteiger partial charge in [-0.15, -0.1) is 0 Å². The second-order valence-electron chi connectivity index (χ2n) is 15.1. The molecule has 0 spiro atoms. The van der Waals surface area contributed by atoms with Gasteiger partial charge in [-0.05, 0) is 88.0 Å². The maximum atomic E-state index is 13.3. The summed E-state index contributed by atoms with van der Waals surface area (Å²) in [6.45, 7) is 3.41. The lowest BCUT2D eigenvalue weighted by Gasteiger charge is -2.32. The Kier molecular flexibility index (Phi) is 12.8. The third-order valence-corrected chi connectivity index (χ3v) is 11.2. The lowest BCUT2D eigenvalue weighted by Crippen LogP contribution is -2.54. The summed E-state index contributed by atoms with van der Waals surface area (Å²) in [6, 6.07) is 17.1. The first-order valence-corrected chi connectivity index (χ1v) is 20.1. The molecular formula is C44H49N7O8. The first-order chi connectivity index (χ1) is 28.6. The Hall–Kier alpha value is -6.35. The number of methoxy groups -OCH3 is 1. The molecule has 15 heteroatoms. The van der Waals surface area contributed by atoms with Crippen molar-refractivity contribution >= 4 is 63.3 Å². The fraction of sp³-hybridized carbons (Fsp3) is 0.386. The van der Waals surface area contributed by atoms with Crippen molar-refractivity contribution in [2.75, 3.05) is 57.6 Å². The molecule has 1 aromatic heterocycles. The van der Waals surface area contributed by atoms with E-state index in [4.69, 9.17) is 9.47 Å². The molecule has 1 unspecified atom stereocenters. The molecule has 3 aromatic carbocycles. The van der Waals surface area contributed by atoms with Gasteiger partial charge in [0, 0.05) is 48.9 Å². The van der Waals surface area contributed by atoms with Gasteiger partial charge in [-0.25, -0.2) is 0 Å². The molecule has 59 heavy (non-hydrogen) atoms. The molecule has 4 aromatic rings. The summed E-state index contributed by atoms with van der Waals surface area (Å²) in [4.78, 5) is 84.0. The Morgan fingerprint density at radius 2 is 1.71 bits per heavy atom. The lowest BCUT2D eigenvalue weighted by molar-refractivity contribution is -0.136. The van der Waals surface area contributed by atoms with E-state index in [1.807, 2.05) is 42.5 Å². The van der Waals surface area contributed by atoms with Gasteiger partial charge in [-0.1, -0.05) is 30.7 Å². The average Bonchev–Trinajstić information content (AvgIpc) is 3.51. The number of piperidine rings is 2. The van der Waals surface area contributed by atoms with Gasteiger partial charge in [-0.2, -0.15) is 0 Å². The number of benzene rings is 3. The molecule has 4 heterocycles. The number of fused-ring (bicyclic) bond motifs is 2. The second-order valence-corrected chi connectivity index (χ2v) is 15.1. The molecule has 5 amide bonds. The number of amides is 5. The molecule has 4 N–H and O–H groups in total. The zero-order valence-corrected chi connectivity index (χ0v) is 33.3. The lowest BCUT2D eigenvalue weighted by atomic mass is 9.97. The SMILES string of the molecule is CNC(=O)c1cnc2cc(OC)c(OCC3CCN(CCCCCC(=O)CNc4cccc5c4C(=O)N(C4CCC(=O)NC4=O)C5=O)CC3)cc2c1Nc1ccccc1. The highest BCUT2D eigenvalue weighted by atomic mass is 16.5. The van der Waals surface area contributed by atoms with Crippen LogP contribution in [0, 0.1) is 5.92 Å². The second kappa shape index (κ2) is 18.5. The van der Waals surface area contributed by atoms with Crippen LogP contribution < -0.4 is 30.7 Å². The van der Waals surface area contributed by atoms with Crippen LogP contribution in [0.4, 0.5) is 17.1 Å². The monoisotopic (exact) mass is 803 g/mol. The van der Waals surface area contributed by atoms with Crippen LogP contribution in [0.1, 0.15) is 82.4 Å². The first-order valence-electron chi connectivity index (χ1n) is 20.1. The van der Waals surface area contributed by atoms with Gasteiger partial charge in [0.25, 0.3) is 17.7 Å². The number of ether oxygens (including phenoxy) is 2. The number of aromatic nitrogens is 1. The number of para-hydroxylation sites is 1. The van der Waals surface area contributed by atoms with E-state index in [9.17, 15) is 28.8 Å². The summed E-state index contributed by atoms with van der Waals surface area (Å²) in [5.74, 6) is -1.02. The standard InChI is InChI=1S/C44H49N7O8/c1-45-41(54)32-25-47-34-23-36(58-2)37(22-31(34)40(32)48-28-10-5-3-6-11-28)59-26-27-17-20-50(21-18-27)19-8-4-7-12-29(52)24-46-33-14-9-13-30-39(33)44(57)51(43(30)56)35-15-16-38(53)49-42(35)55/h3,5-6,9-11,13-14,22-23,25,27,35,46H,4,7-8,12,15-21,24,26H2,1-2H3,(H,45,54)(H,47,48)(H,49,53,55). The highest BCUT2D eigenvalue weighted by Gasteiger charge is 2.45. The predicted molar refractivity (Wildman–Crippen MR) is 221 cm³/mol. The first kappa shape index (κ1) is 40.8. The van der Waals surface area contributed by atoms with Crippen molar-refractivity contribution in [3.8, 4) is 11.5 Å². The number of anilines is 3. The van der Waals surface area contributed by atoms with Crippen molar-refractivity contribution in [2.45, 2.75) is 57.4 Å². The molecule has 2 fully saturated rings. The van der Waals surface area contributed by atoms with E-state index in [1.54, 1.807) is 32.5 Å². The Morgan fingerprint density at radius 3 is 2.46 bits per heavy atom. The number of unbranched alkanes of at least 4 members (excludes halogenated alkanes) is 2. The molecule has 2 saturated heterocycles. The number of carbonyl (C=O) groups is 6. The molecule has 0 saturated carbocycles. The highest BCUT2D eigenvalue weighted by Crippen LogP contribution is 2.38. The molecule has 3 aliphatic heterocycles. The Labute approximate surface area is 342 Å². The minimum absolute atomic E-state index is 0.00268. The fourth-order valence-electron chi connectivity index (χ4n) is 7.94. The maximum Gasteiger partial charge on any atom is 0.264 e. The third-order valence-electron chi connectivity index (χ3n) is 11.2. The van der Waals surface area contributed by atoms with Crippen LogP contribution in [0.3, 0.4) is 0 Å². The van der Waals surface area contributed by atoms with Crippen LogP contribution in [0.15, 0.2) is 66.9 Å². The van der Waals surface area contributed by atoms with Gasteiger partial charge in [0.05, 0.1) is 48.2 Å². The van der Waals surface area contributed by atoms with Gasteiger partial charge >= 0.3 is 0 Å². The van der Waals surface area contributed by atoms with E-state index in [0.29, 0.717) is 52.9 Å².